The summed E-state index contributed by atoms with van der Waals surface area (Å²) in [5, 5.41) is 10.9. The van der Waals surface area contributed by atoms with Gasteiger partial charge in [0, 0.05) is 0 Å². The van der Waals surface area contributed by atoms with E-state index in [4.69, 9.17) is 5.10 Å². The summed E-state index contributed by atoms with van der Waals surface area (Å²) in [5.41, 5.74) is 4.66. The van der Waals surface area contributed by atoms with Gasteiger partial charge >= 0.3 is 0 Å². The van der Waals surface area contributed by atoms with Crippen molar-refractivity contribution in [1.82, 2.24) is 9.78 Å². The Morgan fingerprint density at radius 2 is 1.71 bits per heavy atom. The molecule has 0 aliphatic heterocycles. The Labute approximate surface area is 168 Å². The van der Waals surface area contributed by atoms with Crippen molar-refractivity contribution >= 4 is 33.3 Å². The Balaban J connectivity index is 1.72. The second-order valence-electron chi connectivity index (χ2n) is 6.74. The standard InChI is InChI=1S/C23H23N3OS/c1-3-17-11-8-12-18(4-2)21(17)26-23-19(13-14-28-23)22(25-26)24-20(27)15-16-9-6-5-7-10-16/h5-14H,3-4,15H2,1-2H3,(H,24,25,27). The van der Waals surface area contributed by atoms with Gasteiger partial charge < -0.3 is 5.32 Å². The van der Waals surface area contributed by atoms with Gasteiger partial charge in [0.25, 0.3) is 0 Å². The average Bonchev–Trinajstić information content (AvgIpc) is 3.32. The molecule has 2 aromatic carbocycles. The number of anilines is 1. The van der Waals surface area contributed by atoms with E-state index in [2.05, 4.69) is 42.7 Å². The molecule has 0 aliphatic rings. The lowest BCUT2D eigenvalue weighted by Crippen LogP contribution is -2.15. The van der Waals surface area contributed by atoms with Crippen molar-refractivity contribution in [2.75, 3.05) is 5.32 Å². The molecule has 2 aromatic heterocycles. The fourth-order valence-corrected chi connectivity index (χ4v) is 4.39. The highest BCUT2D eigenvalue weighted by atomic mass is 32.1. The van der Waals surface area contributed by atoms with Crippen molar-refractivity contribution in [3.8, 4) is 5.69 Å². The molecule has 0 saturated heterocycles. The molecule has 5 heteroatoms. The number of thiophene rings is 1. The first-order valence-corrected chi connectivity index (χ1v) is 10.5. The molecular formula is C23H23N3OS. The Morgan fingerprint density at radius 3 is 2.39 bits per heavy atom. The van der Waals surface area contributed by atoms with Crippen LogP contribution < -0.4 is 5.32 Å². The first kappa shape index (κ1) is 18.4. The Bertz CT molecular complexity index is 1090. The number of aryl methyl sites for hydroxylation is 2. The van der Waals surface area contributed by atoms with Gasteiger partial charge in [-0.15, -0.1) is 16.4 Å². The SMILES string of the molecule is CCc1cccc(CC)c1-n1nc(NC(=O)Cc2ccccc2)c2ccsc21. The van der Waals surface area contributed by atoms with Crippen molar-refractivity contribution in [1.29, 1.82) is 0 Å². The molecule has 142 valence electrons. The summed E-state index contributed by atoms with van der Waals surface area (Å²) in [4.78, 5) is 13.6. The predicted octanol–water partition coefficient (Wildman–Crippen LogP) is 5.39. The van der Waals surface area contributed by atoms with Crippen LogP contribution >= 0.6 is 11.3 Å². The summed E-state index contributed by atoms with van der Waals surface area (Å²) in [6.45, 7) is 4.33. The Kier molecular flexibility index (Phi) is 5.26. The Morgan fingerprint density at radius 1 is 1.00 bits per heavy atom. The molecule has 0 bridgehead atoms. The van der Waals surface area contributed by atoms with E-state index in [1.807, 2.05) is 41.1 Å². The number of hydrogen-bond acceptors (Lipinski definition) is 3. The zero-order valence-corrected chi connectivity index (χ0v) is 16.9. The summed E-state index contributed by atoms with van der Waals surface area (Å²) < 4.78 is 2.01. The number of carbonyl (C=O) groups excluding carboxylic acids is 1. The highest BCUT2D eigenvalue weighted by Gasteiger charge is 2.18. The van der Waals surface area contributed by atoms with Gasteiger partial charge in [0.1, 0.15) is 4.83 Å². The zero-order valence-electron chi connectivity index (χ0n) is 16.1. The summed E-state index contributed by atoms with van der Waals surface area (Å²) in [6, 6.07) is 18.2. The second kappa shape index (κ2) is 7.98. The quantitative estimate of drug-likeness (QED) is 0.480. The molecule has 1 amide bonds. The molecule has 4 nitrogen and oxygen atoms in total. The van der Waals surface area contributed by atoms with E-state index in [-0.39, 0.29) is 5.91 Å². The maximum Gasteiger partial charge on any atom is 0.230 e. The van der Waals surface area contributed by atoms with Crippen LogP contribution in [-0.4, -0.2) is 15.7 Å². The Hall–Kier alpha value is -2.92. The number of fused-ring (bicyclic) bond motifs is 1. The number of hydrogen-bond donors (Lipinski definition) is 1. The highest BCUT2D eigenvalue weighted by Crippen LogP contribution is 2.33. The molecule has 0 atom stereocenters. The molecule has 1 N–H and O–H groups in total. The lowest BCUT2D eigenvalue weighted by molar-refractivity contribution is -0.115. The van der Waals surface area contributed by atoms with E-state index >= 15 is 0 Å². The first-order valence-electron chi connectivity index (χ1n) is 9.62. The third kappa shape index (κ3) is 3.45. The van der Waals surface area contributed by atoms with Crippen molar-refractivity contribution in [2.45, 2.75) is 33.1 Å². The van der Waals surface area contributed by atoms with Gasteiger partial charge in [0.15, 0.2) is 5.82 Å². The van der Waals surface area contributed by atoms with Crippen LogP contribution in [0.5, 0.6) is 0 Å². The molecule has 0 unspecified atom stereocenters. The molecule has 2 heterocycles. The number of benzene rings is 2. The van der Waals surface area contributed by atoms with Crippen molar-refractivity contribution in [3.63, 3.8) is 0 Å². The number of rotatable bonds is 6. The lowest BCUT2D eigenvalue weighted by Gasteiger charge is -2.13. The minimum atomic E-state index is -0.0524. The molecular weight excluding hydrogens is 366 g/mol. The highest BCUT2D eigenvalue weighted by molar-refractivity contribution is 7.16. The fraction of sp³-hybridized carbons (Fsp3) is 0.217. The van der Waals surface area contributed by atoms with E-state index in [1.165, 1.54) is 11.1 Å². The smallest absolute Gasteiger partial charge is 0.230 e. The van der Waals surface area contributed by atoms with Gasteiger partial charge in [-0.1, -0.05) is 62.4 Å². The van der Waals surface area contributed by atoms with Crippen LogP contribution in [0.15, 0.2) is 60.0 Å². The summed E-state index contributed by atoms with van der Waals surface area (Å²) >= 11 is 1.65. The minimum absolute atomic E-state index is 0.0524. The molecule has 4 rings (SSSR count). The molecule has 0 radical (unpaired) electrons. The van der Waals surface area contributed by atoms with Gasteiger partial charge in [-0.3, -0.25) is 4.79 Å². The normalized spacial score (nSPS) is 11.1. The molecule has 4 aromatic rings. The lowest BCUT2D eigenvalue weighted by atomic mass is 10.0. The molecule has 0 fully saturated rings. The predicted molar refractivity (Wildman–Crippen MR) is 116 cm³/mol. The first-order chi connectivity index (χ1) is 13.7. The van der Waals surface area contributed by atoms with E-state index in [9.17, 15) is 4.79 Å². The largest absolute Gasteiger partial charge is 0.308 e. The molecule has 28 heavy (non-hydrogen) atoms. The maximum atomic E-state index is 12.6. The van der Waals surface area contributed by atoms with Crippen LogP contribution in [0, 0.1) is 0 Å². The molecule has 0 aliphatic carbocycles. The number of amides is 1. The van der Waals surface area contributed by atoms with Gasteiger partial charge in [0.05, 0.1) is 17.5 Å². The van der Waals surface area contributed by atoms with Crippen molar-refractivity contribution < 1.29 is 4.79 Å². The zero-order chi connectivity index (χ0) is 19.5. The van der Waals surface area contributed by atoms with Crippen LogP contribution in [0.1, 0.15) is 30.5 Å². The maximum absolute atomic E-state index is 12.6. The average molecular weight is 390 g/mol. The van der Waals surface area contributed by atoms with E-state index < -0.39 is 0 Å². The van der Waals surface area contributed by atoms with Crippen LogP contribution in [0.3, 0.4) is 0 Å². The second-order valence-corrected chi connectivity index (χ2v) is 7.64. The fourth-order valence-electron chi connectivity index (χ4n) is 3.53. The topological polar surface area (TPSA) is 46.9 Å². The van der Waals surface area contributed by atoms with Crippen LogP contribution in [-0.2, 0) is 24.1 Å². The van der Waals surface area contributed by atoms with Crippen molar-refractivity contribution in [2.24, 2.45) is 0 Å². The van der Waals surface area contributed by atoms with Crippen LogP contribution in [0.4, 0.5) is 5.82 Å². The molecule has 0 spiro atoms. The summed E-state index contributed by atoms with van der Waals surface area (Å²) in [5.74, 6) is 0.577. The van der Waals surface area contributed by atoms with Gasteiger partial charge in [0.2, 0.25) is 5.91 Å². The minimum Gasteiger partial charge on any atom is -0.308 e. The number of nitrogens with zero attached hydrogens (tertiary/aromatic N) is 2. The van der Waals surface area contributed by atoms with Gasteiger partial charge in [-0.05, 0) is 41.0 Å². The number of carbonyl (C=O) groups is 1. The van der Waals surface area contributed by atoms with E-state index in [0.29, 0.717) is 12.2 Å². The summed E-state index contributed by atoms with van der Waals surface area (Å²) in [6.07, 6.45) is 2.21. The van der Waals surface area contributed by atoms with Crippen molar-refractivity contribution in [3.05, 3.63) is 76.7 Å². The summed E-state index contributed by atoms with van der Waals surface area (Å²) in [7, 11) is 0. The molecule has 0 saturated carbocycles. The number of nitrogens with one attached hydrogen (secondary N) is 1. The third-order valence-electron chi connectivity index (χ3n) is 4.93. The van der Waals surface area contributed by atoms with Gasteiger partial charge in [-0.2, -0.15) is 0 Å². The van der Waals surface area contributed by atoms with E-state index in [1.54, 1.807) is 11.3 Å². The van der Waals surface area contributed by atoms with E-state index in [0.717, 1.165) is 34.3 Å². The number of aromatic nitrogens is 2. The van der Waals surface area contributed by atoms with Gasteiger partial charge in [-0.25, -0.2) is 4.68 Å². The number of para-hydroxylation sites is 1. The van der Waals surface area contributed by atoms with Crippen LogP contribution in [0.2, 0.25) is 0 Å². The van der Waals surface area contributed by atoms with Crippen LogP contribution in [0.25, 0.3) is 15.9 Å². The monoisotopic (exact) mass is 389 g/mol. The third-order valence-corrected chi connectivity index (χ3v) is 5.82.